The first-order valence-corrected chi connectivity index (χ1v) is 7.91. The lowest BCUT2D eigenvalue weighted by molar-refractivity contribution is -0.143. The minimum Gasteiger partial charge on any atom is -0.480 e. The van der Waals surface area contributed by atoms with E-state index in [-0.39, 0.29) is 0 Å². The fourth-order valence-electron chi connectivity index (χ4n) is 2.84. The SMILES string of the molecule is Cc1ccccc1C(C(=O)O)N(C)Cc1cc(-c2ccncc2)no1. The fourth-order valence-corrected chi connectivity index (χ4v) is 2.84. The monoisotopic (exact) mass is 337 g/mol. The number of pyridine rings is 1. The van der Waals surface area contributed by atoms with Crippen molar-refractivity contribution in [3.05, 3.63) is 71.7 Å². The average molecular weight is 337 g/mol. The molecule has 3 aromatic rings. The van der Waals surface area contributed by atoms with E-state index in [2.05, 4.69) is 10.1 Å². The number of aliphatic carboxylic acids is 1. The number of carboxylic acid groups (broad SMARTS) is 1. The first kappa shape index (κ1) is 16.9. The van der Waals surface area contributed by atoms with Crippen LogP contribution in [0.3, 0.4) is 0 Å². The van der Waals surface area contributed by atoms with Crippen LogP contribution in [0.1, 0.15) is 22.9 Å². The lowest BCUT2D eigenvalue weighted by atomic mass is 10.0. The molecule has 0 aliphatic carbocycles. The van der Waals surface area contributed by atoms with Crippen molar-refractivity contribution in [2.24, 2.45) is 0 Å². The first-order valence-electron chi connectivity index (χ1n) is 7.91. The van der Waals surface area contributed by atoms with Gasteiger partial charge in [-0.3, -0.25) is 14.7 Å². The van der Waals surface area contributed by atoms with E-state index in [1.807, 2.05) is 49.4 Å². The fraction of sp³-hybridized carbons (Fsp3) is 0.211. The molecule has 2 heterocycles. The summed E-state index contributed by atoms with van der Waals surface area (Å²) in [6.45, 7) is 2.25. The molecule has 1 atom stereocenters. The zero-order chi connectivity index (χ0) is 17.8. The third-order valence-corrected chi connectivity index (χ3v) is 4.10. The van der Waals surface area contributed by atoms with E-state index in [0.29, 0.717) is 18.0 Å². The van der Waals surface area contributed by atoms with Gasteiger partial charge in [-0.2, -0.15) is 0 Å². The van der Waals surface area contributed by atoms with E-state index >= 15 is 0 Å². The maximum Gasteiger partial charge on any atom is 0.325 e. The van der Waals surface area contributed by atoms with E-state index in [0.717, 1.165) is 16.7 Å². The van der Waals surface area contributed by atoms with Gasteiger partial charge in [0, 0.05) is 24.0 Å². The Balaban J connectivity index is 1.81. The molecule has 0 bridgehead atoms. The van der Waals surface area contributed by atoms with E-state index in [4.69, 9.17) is 4.52 Å². The topological polar surface area (TPSA) is 79.5 Å². The molecule has 0 saturated heterocycles. The summed E-state index contributed by atoms with van der Waals surface area (Å²) < 4.78 is 5.38. The van der Waals surface area contributed by atoms with Crippen LogP contribution in [0, 0.1) is 6.92 Å². The van der Waals surface area contributed by atoms with Crippen LogP contribution in [0.4, 0.5) is 0 Å². The number of aryl methyl sites for hydroxylation is 1. The molecule has 3 rings (SSSR count). The van der Waals surface area contributed by atoms with Gasteiger partial charge in [0.15, 0.2) is 5.76 Å². The van der Waals surface area contributed by atoms with Gasteiger partial charge in [-0.1, -0.05) is 29.4 Å². The van der Waals surface area contributed by atoms with Gasteiger partial charge in [0.25, 0.3) is 0 Å². The third kappa shape index (κ3) is 3.75. The van der Waals surface area contributed by atoms with Crippen LogP contribution in [-0.4, -0.2) is 33.2 Å². The minimum absolute atomic E-state index is 0.337. The van der Waals surface area contributed by atoms with Crippen molar-refractivity contribution in [2.75, 3.05) is 7.05 Å². The molecule has 1 N–H and O–H groups in total. The highest BCUT2D eigenvalue weighted by atomic mass is 16.5. The summed E-state index contributed by atoms with van der Waals surface area (Å²) >= 11 is 0. The molecule has 25 heavy (non-hydrogen) atoms. The Hall–Kier alpha value is -2.99. The van der Waals surface area contributed by atoms with Crippen molar-refractivity contribution in [1.82, 2.24) is 15.0 Å². The highest BCUT2D eigenvalue weighted by molar-refractivity contribution is 5.76. The quantitative estimate of drug-likeness (QED) is 0.743. The van der Waals surface area contributed by atoms with Crippen molar-refractivity contribution in [2.45, 2.75) is 19.5 Å². The molecule has 0 spiro atoms. The molecule has 0 aliphatic rings. The first-order chi connectivity index (χ1) is 12.1. The average Bonchev–Trinajstić information content (AvgIpc) is 3.06. The number of benzene rings is 1. The Morgan fingerprint density at radius 3 is 2.64 bits per heavy atom. The number of nitrogens with zero attached hydrogens (tertiary/aromatic N) is 3. The lowest BCUT2D eigenvalue weighted by Crippen LogP contribution is -2.30. The summed E-state index contributed by atoms with van der Waals surface area (Å²) in [4.78, 5) is 17.5. The van der Waals surface area contributed by atoms with E-state index in [1.54, 1.807) is 24.3 Å². The normalized spacial score (nSPS) is 12.3. The van der Waals surface area contributed by atoms with Crippen LogP contribution >= 0.6 is 0 Å². The van der Waals surface area contributed by atoms with Crippen molar-refractivity contribution >= 4 is 5.97 Å². The number of hydrogen-bond donors (Lipinski definition) is 1. The summed E-state index contributed by atoms with van der Waals surface area (Å²) in [6, 6.07) is 12.3. The Morgan fingerprint density at radius 1 is 1.24 bits per heavy atom. The molecular formula is C19H19N3O3. The Labute approximate surface area is 145 Å². The summed E-state index contributed by atoms with van der Waals surface area (Å²) in [6.07, 6.45) is 3.38. The van der Waals surface area contributed by atoms with E-state index in [9.17, 15) is 9.90 Å². The van der Waals surface area contributed by atoms with Crippen LogP contribution in [0.5, 0.6) is 0 Å². The smallest absolute Gasteiger partial charge is 0.325 e. The van der Waals surface area contributed by atoms with Crippen molar-refractivity contribution < 1.29 is 14.4 Å². The van der Waals surface area contributed by atoms with E-state index in [1.165, 1.54) is 0 Å². The molecule has 1 unspecified atom stereocenters. The van der Waals surface area contributed by atoms with Gasteiger partial charge in [0.05, 0.1) is 6.54 Å². The van der Waals surface area contributed by atoms with Crippen molar-refractivity contribution in [1.29, 1.82) is 0 Å². The molecule has 0 radical (unpaired) electrons. The second kappa shape index (κ2) is 7.27. The summed E-state index contributed by atoms with van der Waals surface area (Å²) in [5.74, 6) is -0.292. The molecule has 6 nitrogen and oxygen atoms in total. The summed E-state index contributed by atoms with van der Waals surface area (Å²) in [5.41, 5.74) is 3.32. The van der Waals surface area contributed by atoms with Crippen LogP contribution < -0.4 is 0 Å². The van der Waals surface area contributed by atoms with Crippen molar-refractivity contribution in [3.63, 3.8) is 0 Å². The molecular weight excluding hydrogens is 318 g/mol. The third-order valence-electron chi connectivity index (χ3n) is 4.10. The molecule has 0 amide bonds. The highest BCUT2D eigenvalue weighted by Crippen LogP contribution is 2.26. The predicted octanol–water partition coefficient (Wildman–Crippen LogP) is 3.30. The molecule has 0 aliphatic heterocycles. The maximum absolute atomic E-state index is 11.8. The van der Waals surface area contributed by atoms with Gasteiger partial charge in [-0.25, -0.2) is 0 Å². The molecule has 0 saturated carbocycles. The zero-order valence-electron chi connectivity index (χ0n) is 14.1. The number of likely N-dealkylation sites (N-methyl/N-ethyl adjacent to an activating group) is 1. The Kier molecular flexibility index (Phi) is 4.90. The minimum atomic E-state index is -0.898. The van der Waals surface area contributed by atoms with Gasteiger partial charge in [0.2, 0.25) is 0 Å². The Morgan fingerprint density at radius 2 is 1.96 bits per heavy atom. The molecule has 2 aromatic heterocycles. The maximum atomic E-state index is 11.8. The number of rotatable bonds is 6. The number of carbonyl (C=O) groups is 1. The second-order valence-corrected chi connectivity index (χ2v) is 5.93. The second-order valence-electron chi connectivity index (χ2n) is 5.93. The van der Waals surface area contributed by atoms with Gasteiger partial charge in [-0.15, -0.1) is 0 Å². The van der Waals surface area contributed by atoms with Crippen molar-refractivity contribution in [3.8, 4) is 11.3 Å². The lowest BCUT2D eigenvalue weighted by Gasteiger charge is -2.25. The summed E-state index contributed by atoms with van der Waals surface area (Å²) in [7, 11) is 1.76. The number of aromatic nitrogens is 2. The molecule has 6 heteroatoms. The standard InChI is InChI=1S/C19H19N3O3/c1-13-5-3-4-6-16(13)18(19(23)24)22(2)12-15-11-17(21-25-15)14-7-9-20-10-8-14/h3-11,18H,12H2,1-2H3,(H,23,24). The van der Waals surface area contributed by atoms with E-state index < -0.39 is 12.0 Å². The molecule has 0 fully saturated rings. The van der Waals surface area contributed by atoms with Crippen LogP contribution in [0.15, 0.2) is 59.4 Å². The molecule has 1 aromatic carbocycles. The largest absolute Gasteiger partial charge is 0.480 e. The summed E-state index contributed by atoms with van der Waals surface area (Å²) in [5, 5.41) is 13.7. The zero-order valence-corrected chi connectivity index (χ0v) is 14.1. The van der Waals surface area contributed by atoms with Gasteiger partial charge >= 0.3 is 5.97 Å². The van der Waals surface area contributed by atoms with Gasteiger partial charge in [0.1, 0.15) is 11.7 Å². The molecule has 128 valence electrons. The van der Waals surface area contributed by atoms with Crippen LogP contribution in [0.25, 0.3) is 11.3 Å². The number of carboxylic acids is 1. The van der Waals surface area contributed by atoms with Gasteiger partial charge in [-0.05, 0) is 37.2 Å². The van der Waals surface area contributed by atoms with Gasteiger partial charge < -0.3 is 9.63 Å². The van der Waals surface area contributed by atoms with Crippen LogP contribution in [0.2, 0.25) is 0 Å². The number of hydrogen-bond acceptors (Lipinski definition) is 5. The predicted molar refractivity (Wildman–Crippen MR) is 92.8 cm³/mol. The van der Waals surface area contributed by atoms with Crippen LogP contribution in [-0.2, 0) is 11.3 Å². The Bertz CT molecular complexity index is 861. The highest BCUT2D eigenvalue weighted by Gasteiger charge is 2.27.